The van der Waals surface area contributed by atoms with Gasteiger partial charge in [0.15, 0.2) is 0 Å². The van der Waals surface area contributed by atoms with E-state index in [9.17, 15) is 4.79 Å². The Bertz CT molecular complexity index is 565. The third kappa shape index (κ3) is 2.53. The van der Waals surface area contributed by atoms with Crippen molar-refractivity contribution < 1.29 is 4.79 Å². The first-order chi connectivity index (χ1) is 8.58. The first kappa shape index (κ1) is 12.2. The van der Waals surface area contributed by atoms with E-state index >= 15 is 0 Å². The van der Waals surface area contributed by atoms with Crippen LogP contribution >= 0.6 is 0 Å². The summed E-state index contributed by atoms with van der Waals surface area (Å²) < 4.78 is 0. The Kier molecular flexibility index (Phi) is 3.37. The third-order valence-electron chi connectivity index (χ3n) is 2.53. The van der Waals surface area contributed by atoms with Gasteiger partial charge in [-0.3, -0.25) is 4.79 Å². The second-order valence-electron chi connectivity index (χ2n) is 4.25. The van der Waals surface area contributed by atoms with E-state index in [1.54, 1.807) is 27.1 Å². The Morgan fingerprint density at radius 1 is 1.11 bits per heavy atom. The summed E-state index contributed by atoms with van der Waals surface area (Å²) in [7, 11) is 3.42. The number of benzene rings is 1. The number of hydrogen-bond acceptors (Lipinski definition) is 3. The van der Waals surface area contributed by atoms with E-state index in [2.05, 4.69) is 9.97 Å². The van der Waals surface area contributed by atoms with Gasteiger partial charge in [0.25, 0.3) is 5.91 Å². The molecule has 4 nitrogen and oxygen atoms in total. The minimum absolute atomic E-state index is 0.113. The lowest BCUT2D eigenvalue weighted by atomic mass is 10.1. The quantitative estimate of drug-likeness (QED) is 0.809. The summed E-state index contributed by atoms with van der Waals surface area (Å²) in [4.78, 5) is 22.0. The largest absolute Gasteiger partial charge is 0.343 e. The summed E-state index contributed by atoms with van der Waals surface area (Å²) in [5.74, 6) is 0.485. The van der Waals surface area contributed by atoms with E-state index < -0.39 is 0 Å². The lowest BCUT2D eigenvalue weighted by Gasteiger charge is -2.11. The van der Waals surface area contributed by atoms with Crippen LogP contribution in [0.15, 0.2) is 36.4 Å². The summed E-state index contributed by atoms with van der Waals surface area (Å²) in [5, 5.41) is 0. The maximum absolute atomic E-state index is 11.9. The van der Waals surface area contributed by atoms with E-state index in [1.165, 1.54) is 4.90 Å². The van der Waals surface area contributed by atoms with Crippen LogP contribution in [0.1, 0.15) is 16.3 Å². The van der Waals surface area contributed by atoms with Crippen molar-refractivity contribution in [2.24, 2.45) is 0 Å². The first-order valence-electron chi connectivity index (χ1n) is 5.70. The first-order valence-corrected chi connectivity index (χ1v) is 5.70. The summed E-state index contributed by atoms with van der Waals surface area (Å²) in [6.45, 7) is 1.79. The number of nitrogens with zero attached hydrogens (tertiary/aromatic N) is 3. The Morgan fingerprint density at radius 2 is 1.78 bits per heavy atom. The molecule has 0 aliphatic carbocycles. The van der Waals surface area contributed by atoms with Crippen molar-refractivity contribution >= 4 is 5.91 Å². The molecular formula is C14H15N3O. The van der Waals surface area contributed by atoms with Crippen molar-refractivity contribution in [2.75, 3.05) is 14.1 Å². The highest BCUT2D eigenvalue weighted by Gasteiger charge is 2.12. The van der Waals surface area contributed by atoms with Gasteiger partial charge in [0, 0.05) is 19.7 Å². The number of carbonyl (C=O) groups is 1. The number of aryl methyl sites for hydroxylation is 1. The van der Waals surface area contributed by atoms with Gasteiger partial charge in [-0.2, -0.15) is 0 Å². The van der Waals surface area contributed by atoms with Gasteiger partial charge >= 0.3 is 0 Å². The van der Waals surface area contributed by atoms with Gasteiger partial charge in [0.1, 0.15) is 11.5 Å². The molecule has 0 saturated heterocycles. The Labute approximate surface area is 106 Å². The van der Waals surface area contributed by atoms with Crippen molar-refractivity contribution in [3.63, 3.8) is 0 Å². The predicted octanol–water partition coefficient (Wildman–Crippen LogP) is 2.15. The number of amides is 1. The number of aromatic nitrogens is 2. The molecule has 0 bridgehead atoms. The highest BCUT2D eigenvalue weighted by Crippen LogP contribution is 2.17. The van der Waals surface area contributed by atoms with Gasteiger partial charge in [-0.1, -0.05) is 30.3 Å². The smallest absolute Gasteiger partial charge is 0.272 e. The second-order valence-corrected chi connectivity index (χ2v) is 4.25. The Morgan fingerprint density at radius 3 is 2.39 bits per heavy atom. The predicted molar refractivity (Wildman–Crippen MR) is 70.2 cm³/mol. The molecule has 0 spiro atoms. The molecule has 2 rings (SSSR count). The van der Waals surface area contributed by atoms with E-state index in [1.807, 2.05) is 30.3 Å². The van der Waals surface area contributed by atoms with Crippen molar-refractivity contribution in [1.82, 2.24) is 14.9 Å². The van der Waals surface area contributed by atoms with E-state index in [0.29, 0.717) is 11.5 Å². The minimum Gasteiger partial charge on any atom is -0.343 e. The maximum Gasteiger partial charge on any atom is 0.272 e. The van der Waals surface area contributed by atoms with Crippen LogP contribution in [-0.2, 0) is 0 Å². The molecule has 0 unspecified atom stereocenters. The monoisotopic (exact) mass is 241 g/mol. The second kappa shape index (κ2) is 4.96. The standard InChI is InChI=1S/C14H15N3O/c1-10-15-12(11-7-5-4-6-8-11)9-13(16-10)14(18)17(2)3/h4-9H,1-3H3. The van der Waals surface area contributed by atoms with Crippen LogP contribution < -0.4 is 0 Å². The normalized spacial score (nSPS) is 10.2. The Hall–Kier alpha value is -2.23. The Balaban J connectivity index is 2.48. The number of hydrogen-bond donors (Lipinski definition) is 0. The van der Waals surface area contributed by atoms with Crippen LogP contribution in [0, 0.1) is 6.92 Å². The topological polar surface area (TPSA) is 46.1 Å². The molecule has 0 aliphatic rings. The zero-order valence-electron chi connectivity index (χ0n) is 10.7. The van der Waals surface area contributed by atoms with Crippen LogP contribution in [-0.4, -0.2) is 34.9 Å². The number of carbonyl (C=O) groups excluding carboxylic acids is 1. The van der Waals surface area contributed by atoms with Crippen LogP contribution in [0.25, 0.3) is 11.3 Å². The molecule has 0 radical (unpaired) electrons. The summed E-state index contributed by atoms with van der Waals surface area (Å²) in [6, 6.07) is 11.5. The molecule has 2 aromatic rings. The van der Waals surface area contributed by atoms with Crippen LogP contribution in [0.2, 0.25) is 0 Å². The summed E-state index contributed by atoms with van der Waals surface area (Å²) in [5.41, 5.74) is 2.18. The summed E-state index contributed by atoms with van der Waals surface area (Å²) >= 11 is 0. The van der Waals surface area contributed by atoms with Crippen LogP contribution in [0.5, 0.6) is 0 Å². The average Bonchev–Trinajstić information content (AvgIpc) is 2.38. The highest BCUT2D eigenvalue weighted by atomic mass is 16.2. The molecule has 0 N–H and O–H groups in total. The molecule has 1 aromatic heterocycles. The van der Waals surface area contributed by atoms with Gasteiger partial charge in [-0.15, -0.1) is 0 Å². The molecule has 0 fully saturated rings. The molecule has 92 valence electrons. The van der Waals surface area contributed by atoms with Crippen molar-refractivity contribution in [2.45, 2.75) is 6.92 Å². The molecule has 1 heterocycles. The fraction of sp³-hybridized carbons (Fsp3) is 0.214. The average molecular weight is 241 g/mol. The van der Waals surface area contributed by atoms with Crippen LogP contribution in [0.3, 0.4) is 0 Å². The summed E-state index contributed by atoms with van der Waals surface area (Å²) in [6.07, 6.45) is 0. The van der Waals surface area contributed by atoms with Gasteiger partial charge < -0.3 is 4.90 Å². The maximum atomic E-state index is 11.9. The van der Waals surface area contributed by atoms with Gasteiger partial charge in [0.05, 0.1) is 5.69 Å². The highest BCUT2D eigenvalue weighted by molar-refractivity contribution is 5.92. The van der Waals surface area contributed by atoms with E-state index in [-0.39, 0.29) is 5.91 Å². The van der Waals surface area contributed by atoms with E-state index in [0.717, 1.165) is 11.3 Å². The zero-order valence-corrected chi connectivity index (χ0v) is 10.7. The molecule has 18 heavy (non-hydrogen) atoms. The SMILES string of the molecule is Cc1nc(C(=O)N(C)C)cc(-c2ccccc2)n1. The molecule has 0 saturated carbocycles. The molecule has 0 atom stereocenters. The lowest BCUT2D eigenvalue weighted by molar-refractivity contribution is 0.0821. The molecule has 1 aromatic carbocycles. The fourth-order valence-corrected chi connectivity index (χ4v) is 1.66. The lowest BCUT2D eigenvalue weighted by Crippen LogP contribution is -2.23. The van der Waals surface area contributed by atoms with Gasteiger partial charge in [-0.05, 0) is 13.0 Å². The van der Waals surface area contributed by atoms with Gasteiger partial charge in [0.2, 0.25) is 0 Å². The molecule has 1 amide bonds. The van der Waals surface area contributed by atoms with Crippen LogP contribution in [0.4, 0.5) is 0 Å². The number of rotatable bonds is 2. The zero-order chi connectivity index (χ0) is 13.1. The fourth-order valence-electron chi connectivity index (χ4n) is 1.66. The molecule has 4 heteroatoms. The minimum atomic E-state index is -0.113. The molecular weight excluding hydrogens is 226 g/mol. The molecule has 0 aliphatic heterocycles. The third-order valence-corrected chi connectivity index (χ3v) is 2.53. The van der Waals surface area contributed by atoms with E-state index in [4.69, 9.17) is 0 Å². The van der Waals surface area contributed by atoms with Crippen molar-refractivity contribution in [1.29, 1.82) is 0 Å². The van der Waals surface area contributed by atoms with Crippen molar-refractivity contribution in [3.05, 3.63) is 47.9 Å². The van der Waals surface area contributed by atoms with Crippen molar-refractivity contribution in [3.8, 4) is 11.3 Å². The van der Waals surface area contributed by atoms with Gasteiger partial charge in [-0.25, -0.2) is 9.97 Å².